The molecule has 0 saturated carbocycles. The van der Waals surface area contributed by atoms with E-state index >= 15 is 0 Å². The first kappa shape index (κ1) is 15.4. The van der Waals surface area contributed by atoms with Gasteiger partial charge in [-0.2, -0.15) is 0 Å². The molecule has 2 heterocycles. The Morgan fingerprint density at radius 1 is 1.00 bits per heavy atom. The van der Waals surface area contributed by atoms with Crippen molar-refractivity contribution in [1.82, 2.24) is 14.6 Å². The topological polar surface area (TPSA) is 60.8 Å². The number of fused-ring (bicyclic) bond motifs is 1. The van der Waals surface area contributed by atoms with Crippen LogP contribution in [0.3, 0.4) is 0 Å². The number of aromatic nitrogens is 3. The van der Waals surface area contributed by atoms with E-state index in [1.54, 1.807) is 25.8 Å². The number of nitrogens with zero attached hydrogens (tertiary/aromatic N) is 2. The smallest absolute Gasteiger partial charge is 0.203 e. The van der Waals surface area contributed by atoms with Crippen molar-refractivity contribution in [3.63, 3.8) is 0 Å². The van der Waals surface area contributed by atoms with Gasteiger partial charge >= 0.3 is 0 Å². The molecule has 0 spiro atoms. The molecule has 1 N–H and O–H groups in total. The molecule has 0 fully saturated rings. The maximum absolute atomic E-state index is 5.40. The summed E-state index contributed by atoms with van der Waals surface area (Å²) in [4.78, 5) is 4.48. The third-order valence-electron chi connectivity index (χ3n) is 3.55. The van der Waals surface area contributed by atoms with Gasteiger partial charge in [0, 0.05) is 17.3 Å². The van der Waals surface area contributed by atoms with Gasteiger partial charge < -0.3 is 14.2 Å². The highest BCUT2D eigenvalue weighted by atomic mass is 32.1. The van der Waals surface area contributed by atoms with Gasteiger partial charge in [0.2, 0.25) is 5.75 Å². The first-order valence-electron chi connectivity index (χ1n) is 6.97. The van der Waals surface area contributed by atoms with E-state index in [9.17, 15) is 0 Å². The number of aromatic amines is 1. The van der Waals surface area contributed by atoms with Crippen LogP contribution in [0.2, 0.25) is 0 Å². The van der Waals surface area contributed by atoms with Crippen molar-refractivity contribution < 1.29 is 14.2 Å². The Balaban J connectivity index is 2.22. The minimum Gasteiger partial charge on any atom is -0.493 e. The Hall–Kier alpha value is -2.54. The van der Waals surface area contributed by atoms with Gasteiger partial charge in [-0.05, 0) is 25.1 Å². The van der Waals surface area contributed by atoms with Crippen LogP contribution in [0.5, 0.6) is 17.2 Å². The Morgan fingerprint density at radius 3 is 2.22 bits per heavy atom. The van der Waals surface area contributed by atoms with E-state index < -0.39 is 0 Å². The van der Waals surface area contributed by atoms with E-state index in [1.807, 2.05) is 31.2 Å². The molecule has 0 saturated heterocycles. The second-order valence-corrected chi connectivity index (χ2v) is 5.43. The minimum atomic E-state index is 0.556. The van der Waals surface area contributed by atoms with Gasteiger partial charge in [-0.1, -0.05) is 12.2 Å². The molecule has 0 amide bonds. The highest BCUT2D eigenvalue weighted by molar-refractivity contribution is 7.71. The molecule has 6 nitrogen and oxygen atoms in total. The standard InChI is InChI=1S/C16H17N3O3S/c1-9-5-15(23)19-14(17-9)8-11(18-19)10-6-12(20-2)16(22-4)13(7-10)21-3/h5-8,18H,1-4H3. The van der Waals surface area contributed by atoms with Crippen LogP contribution < -0.4 is 14.2 Å². The molecule has 2 aromatic heterocycles. The maximum atomic E-state index is 5.40. The van der Waals surface area contributed by atoms with Crippen LogP contribution in [0.15, 0.2) is 24.3 Å². The molecule has 0 atom stereocenters. The van der Waals surface area contributed by atoms with Crippen molar-refractivity contribution in [2.24, 2.45) is 0 Å². The van der Waals surface area contributed by atoms with Crippen molar-refractivity contribution >= 4 is 17.9 Å². The summed E-state index contributed by atoms with van der Waals surface area (Å²) >= 11 is 5.36. The van der Waals surface area contributed by atoms with Crippen LogP contribution in [0, 0.1) is 11.6 Å². The fourth-order valence-corrected chi connectivity index (χ4v) is 2.80. The van der Waals surface area contributed by atoms with Crippen molar-refractivity contribution in [3.05, 3.63) is 34.6 Å². The molecule has 0 aliphatic carbocycles. The van der Waals surface area contributed by atoms with Crippen molar-refractivity contribution in [1.29, 1.82) is 0 Å². The lowest BCUT2D eigenvalue weighted by Gasteiger charge is -2.13. The molecule has 3 aromatic rings. The number of methoxy groups -OCH3 is 3. The Labute approximate surface area is 138 Å². The number of ether oxygens (including phenoxy) is 3. The number of aryl methyl sites for hydroxylation is 1. The summed E-state index contributed by atoms with van der Waals surface area (Å²) in [7, 11) is 4.76. The molecule has 3 rings (SSSR count). The highest BCUT2D eigenvalue weighted by Gasteiger charge is 2.15. The second kappa shape index (κ2) is 5.92. The molecule has 0 bridgehead atoms. The van der Waals surface area contributed by atoms with Gasteiger partial charge in [0.1, 0.15) is 4.64 Å². The first-order chi connectivity index (χ1) is 11.1. The van der Waals surface area contributed by atoms with Gasteiger partial charge in [0.25, 0.3) is 0 Å². The summed E-state index contributed by atoms with van der Waals surface area (Å²) in [5.41, 5.74) is 3.38. The summed E-state index contributed by atoms with van der Waals surface area (Å²) in [5, 5.41) is 3.25. The number of nitrogens with one attached hydrogen (secondary N) is 1. The zero-order valence-corrected chi connectivity index (χ0v) is 14.2. The Morgan fingerprint density at radius 2 is 1.65 bits per heavy atom. The van der Waals surface area contributed by atoms with Crippen LogP contribution in [-0.2, 0) is 0 Å². The van der Waals surface area contributed by atoms with Crippen LogP contribution in [0.4, 0.5) is 0 Å². The number of hydrogen-bond donors (Lipinski definition) is 1. The lowest BCUT2D eigenvalue weighted by Crippen LogP contribution is -1.96. The molecule has 0 unspecified atom stereocenters. The van der Waals surface area contributed by atoms with E-state index in [0.717, 1.165) is 22.6 Å². The minimum absolute atomic E-state index is 0.556. The number of benzene rings is 1. The average molecular weight is 331 g/mol. The van der Waals surface area contributed by atoms with Crippen LogP contribution in [0.25, 0.3) is 16.9 Å². The first-order valence-corrected chi connectivity index (χ1v) is 7.38. The lowest BCUT2D eigenvalue weighted by molar-refractivity contribution is 0.324. The van der Waals surface area contributed by atoms with Crippen molar-refractivity contribution in [3.8, 4) is 28.5 Å². The highest BCUT2D eigenvalue weighted by Crippen LogP contribution is 2.40. The molecule has 0 aliphatic rings. The molecular formula is C16H17N3O3S. The number of hydrogen-bond acceptors (Lipinski definition) is 5. The zero-order chi connectivity index (χ0) is 16.6. The predicted octanol–water partition coefficient (Wildman–Crippen LogP) is 3.39. The normalized spacial score (nSPS) is 10.8. The Kier molecular flexibility index (Phi) is 3.96. The Bertz CT molecular complexity index is 905. The fourth-order valence-electron chi connectivity index (χ4n) is 2.49. The molecular weight excluding hydrogens is 314 g/mol. The summed E-state index contributed by atoms with van der Waals surface area (Å²) in [5.74, 6) is 1.74. The van der Waals surface area contributed by atoms with Crippen LogP contribution in [-0.4, -0.2) is 35.9 Å². The third-order valence-corrected chi connectivity index (χ3v) is 3.85. The zero-order valence-electron chi connectivity index (χ0n) is 13.3. The van der Waals surface area contributed by atoms with E-state index in [4.69, 9.17) is 26.4 Å². The van der Waals surface area contributed by atoms with Gasteiger partial charge in [-0.15, -0.1) is 0 Å². The molecule has 0 aliphatic heterocycles. The summed E-state index contributed by atoms with van der Waals surface area (Å²) in [6, 6.07) is 7.53. The lowest BCUT2D eigenvalue weighted by atomic mass is 10.1. The van der Waals surface area contributed by atoms with E-state index in [-0.39, 0.29) is 0 Å². The SMILES string of the molecule is COc1cc(-c2cc3nc(C)cc(=S)n3[nH]2)cc(OC)c1OC. The third kappa shape index (κ3) is 2.63. The summed E-state index contributed by atoms with van der Waals surface area (Å²) in [6.45, 7) is 1.92. The van der Waals surface area contributed by atoms with E-state index in [2.05, 4.69) is 10.1 Å². The molecule has 23 heavy (non-hydrogen) atoms. The largest absolute Gasteiger partial charge is 0.493 e. The molecule has 120 valence electrons. The average Bonchev–Trinajstić information content (AvgIpc) is 2.97. The number of rotatable bonds is 4. The van der Waals surface area contributed by atoms with Crippen LogP contribution in [0.1, 0.15) is 5.69 Å². The quantitative estimate of drug-likeness (QED) is 0.743. The van der Waals surface area contributed by atoms with Gasteiger partial charge in [-0.25, -0.2) is 9.50 Å². The van der Waals surface area contributed by atoms with Gasteiger partial charge in [-0.3, -0.25) is 5.10 Å². The predicted molar refractivity (Wildman–Crippen MR) is 90.2 cm³/mol. The van der Waals surface area contributed by atoms with Gasteiger partial charge in [0.15, 0.2) is 17.1 Å². The second-order valence-electron chi connectivity index (χ2n) is 5.01. The molecule has 7 heteroatoms. The molecule has 0 radical (unpaired) electrons. The monoisotopic (exact) mass is 331 g/mol. The van der Waals surface area contributed by atoms with Crippen LogP contribution >= 0.6 is 12.2 Å². The summed E-state index contributed by atoms with van der Waals surface area (Å²) in [6.07, 6.45) is 0. The summed E-state index contributed by atoms with van der Waals surface area (Å²) < 4.78 is 18.6. The van der Waals surface area contributed by atoms with E-state index in [0.29, 0.717) is 21.9 Å². The number of H-pyrrole nitrogens is 1. The fraction of sp³-hybridized carbons (Fsp3) is 0.250. The van der Waals surface area contributed by atoms with Crippen molar-refractivity contribution in [2.45, 2.75) is 6.92 Å². The maximum Gasteiger partial charge on any atom is 0.203 e. The molecule has 1 aromatic carbocycles. The van der Waals surface area contributed by atoms with E-state index in [1.165, 1.54) is 0 Å². The van der Waals surface area contributed by atoms with Crippen molar-refractivity contribution in [2.75, 3.05) is 21.3 Å². The van der Waals surface area contributed by atoms with Gasteiger partial charge in [0.05, 0.1) is 27.0 Å².